The van der Waals surface area contributed by atoms with Crippen molar-refractivity contribution in [2.75, 3.05) is 0 Å². The van der Waals surface area contributed by atoms with Crippen LogP contribution in [0.1, 0.15) is 0 Å². The van der Waals surface area contributed by atoms with Crippen LogP contribution in [0.15, 0.2) is 23.1 Å². The average Bonchev–Trinajstić information content (AvgIpc) is 2.50. The van der Waals surface area contributed by atoms with Crippen molar-refractivity contribution in [3.8, 4) is 0 Å². The lowest BCUT2D eigenvalue weighted by molar-refractivity contribution is 0.997. The maximum Gasteiger partial charge on any atom is 0.249 e. The summed E-state index contributed by atoms with van der Waals surface area (Å²) in [6, 6.07) is 3.07. The summed E-state index contributed by atoms with van der Waals surface area (Å²) in [5.41, 5.74) is 0.384. The lowest BCUT2D eigenvalue weighted by Gasteiger charge is -1.89. The molecule has 0 amide bonds. The Morgan fingerprint density at radius 1 is 1.27 bits per heavy atom. The summed E-state index contributed by atoms with van der Waals surface area (Å²) < 4.78 is 0. The van der Waals surface area contributed by atoms with Crippen LogP contribution in [-0.4, -0.2) is 19.9 Å². The zero-order valence-corrected chi connectivity index (χ0v) is 7.48. The zero-order valence-electron chi connectivity index (χ0n) is 7.48. The van der Waals surface area contributed by atoms with Crippen LogP contribution in [-0.2, 0) is 0 Å². The van der Waals surface area contributed by atoms with Gasteiger partial charge in [-0.2, -0.15) is 9.97 Å². The third-order valence-electron chi connectivity index (χ3n) is 2.16. The van der Waals surface area contributed by atoms with Crippen LogP contribution in [0.3, 0.4) is 0 Å². The summed E-state index contributed by atoms with van der Waals surface area (Å²) in [7, 11) is 0. The lowest BCUT2D eigenvalue weighted by atomic mass is 10.3. The van der Waals surface area contributed by atoms with E-state index in [1.807, 2.05) is 0 Å². The molecular weight excluding hydrogens is 194 g/mol. The molecule has 3 aromatic rings. The first kappa shape index (κ1) is 7.98. The maximum atomic E-state index is 11.3. The molecular formula is C9H5N5O. The van der Waals surface area contributed by atoms with Gasteiger partial charge in [0.05, 0.1) is 5.39 Å². The first-order chi connectivity index (χ1) is 7.24. The smallest absolute Gasteiger partial charge is 0.249 e. The molecule has 0 saturated heterocycles. The summed E-state index contributed by atoms with van der Waals surface area (Å²) in [6.07, 6.45) is 1.61. The van der Waals surface area contributed by atoms with Crippen molar-refractivity contribution in [2.45, 2.75) is 0 Å². The Morgan fingerprint density at radius 3 is 3.00 bits per heavy atom. The Labute approximate surface area is 82.5 Å². The van der Waals surface area contributed by atoms with E-state index in [1.54, 1.807) is 12.3 Å². The van der Waals surface area contributed by atoms with Crippen molar-refractivity contribution in [1.82, 2.24) is 19.9 Å². The molecule has 0 spiro atoms. The minimum atomic E-state index is -0.259. The fourth-order valence-electron chi connectivity index (χ4n) is 1.54. The summed E-state index contributed by atoms with van der Waals surface area (Å²) >= 11 is 0. The molecule has 2 N–H and O–H groups in total. The molecule has 0 bridgehead atoms. The minimum absolute atomic E-state index is 0.149. The van der Waals surface area contributed by atoms with Crippen molar-refractivity contribution in [2.24, 2.45) is 0 Å². The molecule has 3 rings (SSSR count). The molecule has 6 heteroatoms. The number of aromatic nitrogens is 4. The van der Waals surface area contributed by atoms with E-state index in [0.29, 0.717) is 16.7 Å². The Balaban J connectivity index is 2.79. The first-order valence-electron chi connectivity index (χ1n) is 4.28. The first-order valence-corrected chi connectivity index (χ1v) is 4.28. The highest BCUT2D eigenvalue weighted by molar-refractivity contribution is 6.03. The van der Waals surface area contributed by atoms with Crippen LogP contribution < -0.4 is 11.2 Å². The number of nitrogens with zero attached hydrogens (tertiary/aromatic N) is 3. The number of nitrogens with one attached hydrogen (secondary N) is 2. The predicted octanol–water partition coefficient (Wildman–Crippen LogP) is -0.216. The van der Waals surface area contributed by atoms with Gasteiger partial charge in [-0.15, -0.1) is 0 Å². The number of aromatic amines is 1. The third kappa shape index (κ3) is 1.08. The molecule has 0 aliphatic carbocycles. The van der Waals surface area contributed by atoms with Crippen molar-refractivity contribution < 1.29 is 0 Å². The average molecular weight is 199 g/mol. The molecule has 6 nitrogen and oxygen atoms in total. The van der Waals surface area contributed by atoms with Crippen LogP contribution >= 0.6 is 0 Å². The van der Waals surface area contributed by atoms with Gasteiger partial charge in [0, 0.05) is 17.6 Å². The second kappa shape index (κ2) is 2.57. The van der Waals surface area contributed by atoms with E-state index in [1.165, 1.54) is 6.07 Å². The van der Waals surface area contributed by atoms with Crippen molar-refractivity contribution in [1.29, 1.82) is 5.41 Å². The molecule has 3 heterocycles. The molecule has 0 saturated carbocycles. The van der Waals surface area contributed by atoms with Gasteiger partial charge in [0.15, 0.2) is 5.65 Å². The summed E-state index contributed by atoms with van der Waals surface area (Å²) in [6.45, 7) is 0. The van der Waals surface area contributed by atoms with Crippen LogP contribution in [0.5, 0.6) is 0 Å². The van der Waals surface area contributed by atoms with E-state index in [4.69, 9.17) is 5.41 Å². The highest BCUT2D eigenvalue weighted by Crippen LogP contribution is 2.17. The Kier molecular flexibility index (Phi) is 1.37. The number of hydrogen-bond donors (Lipinski definition) is 2. The van der Waals surface area contributed by atoms with Gasteiger partial charge in [-0.1, -0.05) is 0 Å². The minimum Gasteiger partial charge on any atom is -0.306 e. The third-order valence-corrected chi connectivity index (χ3v) is 2.16. The fourth-order valence-corrected chi connectivity index (χ4v) is 1.54. The molecule has 0 unspecified atom stereocenters. The predicted molar refractivity (Wildman–Crippen MR) is 52.5 cm³/mol. The molecule has 15 heavy (non-hydrogen) atoms. The Morgan fingerprint density at radius 2 is 2.13 bits per heavy atom. The van der Waals surface area contributed by atoms with Gasteiger partial charge in [0.1, 0.15) is 5.65 Å². The number of H-pyrrole nitrogens is 1. The molecule has 72 valence electrons. The van der Waals surface area contributed by atoms with E-state index in [9.17, 15) is 4.79 Å². The SMILES string of the molecule is N=c1nc2ncc3ccc(=O)[nH]c(n1)c32. The van der Waals surface area contributed by atoms with Gasteiger partial charge in [0.25, 0.3) is 0 Å². The molecule has 0 aliphatic rings. The molecule has 0 aromatic carbocycles. The fraction of sp³-hybridized carbons (Fsp3) is 0. The summed E-state index contributed by atoms with van der Waals surface area (Å²) in [5, 5.41) is 8.84. The molecule has 0 aliphatic heterocycles. The normalized spacial score (nSPS) is 11.2. The van der Waals surface area contributed by atoms with E-state index in [0.717, 1.165) is 5.39 Å². The Bertz CT molecular complexity index is 761. The zero-order chi connectivity index (χ0) is 10.4. The monoisotopic (exact) mass is 199 g/mol. The van der Waals surface area contributed by atoms with Crippen LogP contribution in [0.4, 0.5) is 0 Å². The highest BCUT2D eigenvalue weighted by Gasteiger charge is 2.06. The van der Waals surface area contributed by atoms with Crippen molar-refractivity contribution >= 4 is 22.1 Å². The van der Waals surface area contributed by atoms with Gasteiger partial charge in [-0.05, 0) is 6.07 Å². The van der Waals surface area contributed by atoms with Crippen molar-refractivity contribution in [3.63, 3.8) is 0 Å². The number of hydrogen-bond acceptors (Lipinski definition) is 5. The van der Waals surface area contributed by atoms with E-state index >= 15 is 0 Å². The standard InChI is InChI=1S/C9H5N5O/c10-9-13-7-6-4(3-11-7)1-2-5(15)12-8(6)14-9/h1-3H,(H2,10,12,14,15). The van der Waals surface area contributed by atoms with Gasteiger partial charge in [-0.3, -0.25) is 10.2 Å². The number of rotatable bonds is 0. The quantitative estimate of drug-likeness (QED) is 0.523. The largest absolute Gasteiger partial charge is 0.306 e. The molecule has 0 radical (unpaired) electrons. The molecule has 0 fully saturated rings. The topological polar surface area (TPSA) is 95.4 Å². The second-order valence-electron chi connectivity index (χ2n) is 3.13. The van der Waals surface area contributed by atoms with E-state index < -0.39 is 0 Å². The van der Waals surface area contributed by atoms with Crippen molar-refractivity contribution in [3.05, 3.63) is 34.3 Å². The van der Waals surface area contributed by atoms with Gasteiger partial charge in [0.2, 0.25) is 11.2 Å². The summed E-state index contributed by atoms with van der Waals surface area (Å²) in [5.74, 6) is 0. The maximum absolute atomic E-state index is 11.3. The summed E-state index contributed by atoms with van der Waals surface area (Å²) in [4.78, 5) is 25.6. The van der Waals surface area contributed by atoms with Crippen LogP contribution in [0, 0.1) is 5.41 Å². The van der Waals surface area contributed by atoms with E-state index in [-0.39, 0.29) is 11.2 Å². The molecule has 3 aromatic heterocycles. The molecule has 0 atom stereocenters. The van der Waals surface area contributed by atoms with Gasteiger partial charge in [-0.25, -0.2) is 4.98 Å². The van der Waals surface area contributed by atoms with E-state index in [2.05, 4.69) is 19.9 Å². The Hall–Kier alpha value is -2.37. The second-order valence-corrected chi connectivity index (χ2v) is 3.13. The van der Waals surface area contributed by atoms with Crippen LogP contribution in [0.2, 0.25) is 0 Å². The lowest BCUT2D eigenvalue weighted by Crippen LogP contribution is -2.11. The highest BCUT2D eigenvalue weighted by atomic mass is 16.1. The van der Waals surface area contributed by atoms with Gasteiger partial charge < -0.3 is 4.98 Å². The van der Waals surface area contributed by atoms with Crippen LogP contribution in [0.25, 0.3) is 22.1 Å². The van der Waals surface area contributed by atoms with Gasteiger partial charge >= 0.3 is 0 Å².